The number of benzene rings is 2. The molecule has 0 heterocycles. The molecule has 0 spiro atoms. The molecule has 0 radical (unpaired) electrons. The SMILES string of the molecule is COc1ccccc1C(C#N)NCc1ccccc1C. The van der Waals surface area contributed by atoms with E-state index in [4.69, 9.17) is 4.74 Å². The van der Waals surface area contributed by atoms with Crippen LogP contribution in [0.4, 0.5) is 0 Å². The minimum Gasteiger partial charge on any atom is -0.496 e. The Bertz CT molecular complexity index is 616. The van der Waals surface area contributed by atoms with Gasteiger partial charge in [0, 0.05) is 12.1 Å². The lowest BCUT2D eigenvalue weighted by atomic mass is 10.1. The van der Waals surface area contributed by atoms with Crippen molar-refractivity contribution in [3.8, 4) is 11.8 Å². The second-order valence-electron chi connectivity index (χ2n) is 4.61. The van der Waals surface area contributed by atoms with E-state index in [-0.39, 0.29) is 6.04 Å². The van der Waals surface area contributed by atoms with Gasteiger partial charge in [0.05, 0.1) is 13.2 Å². The summed E-state index contributed by atoms with van der Waals surface area (Å²) in [6, 6.07) is 17.7. The third kappa shape index (κ3) is 3.17. The second-order valence-corrected chi connectivity index (χ2v) is 4.61. The normalized spacial score (nSPS) is 11.7. The molecule has 20 heavy (non-hydrogen) atoms. The molecule has 0 fully saturated rings. The van der Waals surface area contributed by atoms with Crippen molar-refractivity contribution >= 4 is 0 Å². The Balaban J connectivity index is 2.14. The van der Waals surface area contributed by atoms with E-state index in [1.54, 1.807) is 7.11 Å². The highest BCUT2D eigenvalue weighted by Crippen LogP contribution is 2.24. The van der Waals surface area contributed by atoms with Crippen molar-refractivity contribution in [2.24, 2.45) is 0 Å². The average Bonchev–Trinajstić information content (AvgIpc) is 2.50. The van der Waals surface area contributed by atoms with Crippen molar-refractivity contribution in [2.75, 3.05) is 7.11 Å². The largest absolute Gasteiger partial charge is 0.496 e. The van der Waals surface area contributed by atoms with Gasteiger partial charge in [-0.1, -0.05) is 42.5 Å². The number of nitrogens with zero attached hydrogens (tertiary/aromatic N) is 1. The van der Waals surface area contributed by atoms with Crippen molar-refractivity contribution in [1.29, 1.82) is 5.26 Å². The molecule has 1 N–H and O–H groups in total. The standard InChI is InChI=1S/C17H18N2O/c1-13-7-3-4-8-14(13)12-19-16(11-18)15-9-5-6-10-17(15)20-2/h3-10,16,19H,12H2,1-2H3. The molecule has 0 amide bonds. The third-order valence-corrected chi connectivity index (χ3v) is 3.34. The van der Waals surface area contributed by atoms with Gasteiger partial charge in [-0.05, 0) is 24.1 Å². The predicted octanol–water partition coefficient (Wildman–Crippen LogP) is 3.36. The maximum atomic E-state index is 9.38. The summed E-state index contributed by atoms with van der Waals surface area (Å²) in [4.78, 5) is 0. The summed E-state index contributed by atoms with van der Waals surface area (Å²) in [5, 5.41) is 12.7. The predicted molar refractivity (Wildman–Crippen MR) is 79.4 cm³/mol. The molecule has 0 aliphatic heterocycles. The summed E-state index contributed by atoms with van der Waals surface area (Å²) in [5.41, 5.74) is 3.28. The molecule has 0 saturated carbocycles. The van der Waals surface area contributed by atoms with Crippen LogP contribution in [0.15, 0.2) is 48.5 Å². The lowest BCUT2D eigenvalue weighted by molar-refractivity contribution is 0.405. The lowest BCUT2D eigenvalue weighted by Gasteiger charge is -2.15. The van der Waals surface area contributed by atoms with Crippen LogP contribution < -0.4 is 10.1 Å². The Morgan fingerprint density at radius 2 is 1.85 bits per heavy atom. The van der Waals surface area contributed by atoms with Gasteiger partial charge in [0.2, 0.25) is 0 Å². The van der Waals surface area contributed by atoms with Gasteiger partial charge in [0.1, 0.15) is 11.8 Å². The first-order valence-electron chi connectivity index (χ1n) is 6.56. The molecule has 2 aromatic rings. The Morgan fingerprint density at radius 1 is 1.15 bits per heavy atom. The zero-order chi connectivity index (χ0) is 14.4. The molecule has 102 valence electrons. The highest BCUT2D eigenvalue weighted by molar-refractivity contribution is 5.38. The molecule has 0 aliphatic rings. The van der Waals surface area contributed by atoms with E-state index in [1.807, 2.05) is 36.4 Å². The maximum absolute atomic E-state index is 9.38. The van der Waals surface area contributed by atoms with Crippen LogP contribution in [0.1, 0.15) is 22.7 Å². The number of nitrogens with one attached hydrogen (secondary N) is 1. The smallest absolute Gasteiger partial charge is 0.125 e. The molecule has 0 saturated heterocycles. The number of hydrogen-bond donors (Lipinski definition) is 1. The van der Waals surface area contributed by atoms with Crippen LogP contribution in [-0.2, 0) is 6.54 Å². The number of aryl methyl sites for hydroxylation is 1. The van der Waals surface area contributed by atoms with Crippen LogP contribution in [0, 0.1) is 18.3 Å². The van der Waals surface area contributed by atoms with Crippen LogP contribution in [0.3, 0.4) is 0 Å². The first-order chi connectivity index (χ1) is 9.76. The molecular weight excluding hydrogens is 248 g/mol. The summed E-state index contributed by atoms with van der Waals surface area (Å²) in [7, 11) is 1.62. The first kappa shape index (κ1) is 14.1. The Morgan fingerprint density at radius 3 is 2.55 bits per heavy atom. The molecule has 3 nitrogen and oxygen atoms in total. The van der Waals surface area contributed by atoms with E-state index in [0.717, 1.165) is 11.3 Å². The molecule has 0 aliphatic carbocycles. The molecule has 2 rings (SSSR count). The van der Waals surface area contributed by atoms with Crippen molar-refractivity contribution < 1.29 is 4.74 Å². The fourth-order valence-electron chi connectivity index (χ4n) is 2.15. The zero-order valence-corrected chi connectivity index (χ0v) is 11.8. The number of para-hydroxylation sites is 1. The van der Waals surface area contributed by atoms with Crippen LogP contribution in [0.25, 0.3) is 0 Å². The van der Waals surface area contributed by atoms with Gasteiger partial charge in [-0.15, -0.1) is 0 Å². The number of hydrogen-bond acceptors (Lipinski definition) is 3. The van der Waals surface area contributed by atoms with E-state index in [2.05, 4.69) is 30.4 Å². The van der Waals surface area contributed by atoms with Crippen LogP contribution in [0.2, 0.25) is 0 Å². The van der Waals surface area contributed by atoms with E-state index >= 15 is 0 Å². The van der Waals surface area contributed by atoms with E-state index in [9.17, 15) is 5.26 Å². The molecule has 0 aromatic heterocycles. The van der Waals surface area contributed by atoms with Crippen molar-refractivity contribution in [3.63, 3.8) is 0 Å². The molecule has 2 aromatic carbocycles. The second kappa shape index (κ2) is 6.74. The fraction of sp³-hybridized carbons (Fsp3) is 0.235. The summed E-state index contributed by atoms with van der Waals surface area (Å²) in [6.07, 6.45) is 0. The third-order valence-electron chi connectivity index (χ3n) is 3.34. The summed E-state index contributed by atoms with van der Waals surface area (Å²) in [5.74, 6) is 0.733. The van der Waals surface area contributed by atoms with Gasteiger partial charge in [0.15, 0.2) is 0 Å². The number of nitriles is 1. The molecule has 1 atom stereocenters. The highest BCUT2D eigenvalue weighted by atomic mass is 16.5. The zero-order valence-electron chi connectivity index (χ0n) is 11.8. The Kier molecular flexibility index (Phi) is 4.75. The lowest BCUT2D eigenvalue weighted by Crippen LogP contribution is -2.20. The monoisotopic (exact) mass is 266 g/mol. The summed E-state index contributed by atoms with van der Waals surface area (Å²) < 4.78 is 5.31. The molecular formula is C17H18N2O. The van der Waals surface area contributed by atoms with Crippen molar-refractivity contribution in [2.45, 2.75) is 19.5 Å². The first-order valence-corrected chi connectivity index (χ1v) is 6.56. The van der Waals surface area contributed by atoms with Crippen LogP contribution in [0.5, 0.6) is 5.75 Å². The van der Waals surface area contributed by atoms with Crippen LogP contribution >= 0.6 is 0 Å². The van der Waals surface area contributed by atoms with Gasteiger partial charge < -0.3 is 4.74 Å². The minimum absolute atomic E-state index is 0.384. The fourth-order valence-corrected chi connectivity index (χ4v) is 2.15. The van der Waals surface area contributed by atoms with Crippen molar-refractivity contribution in [3.05, 3.63) is 65.2 Å². The number of rotatable bonds is 5. The number of methoxy groups -OCH3 is 1. The summed E-state index contributed by atoms with van der Waals surface area (Å²) in [6.45, 7) is 2.73. The Labute approximate surface area is 119 Å². The topological polar surface area (TPSA) is 45.0 Å². The van der Waals surface area contributed by atoms with Crippen LogP contribution in [-0.4, -0.2) is 7.11 Å². The molecule has 3 heteroatoms. The highest BCUT2D eigenvalue weighted by Gasteiger charge is 2.14. The quantitative estimate of drug-likeness (QED) is 0.902. The van der Waals surface area contributed by atoms with E-state index < -0.39 is 0 Å². The molecule has 0 bridgehead atoms. The number of ether oxygens (including phenoxy) is 1. The molecule has 1 unspecified atom stereocenters. The van der Waals surface area contributed by atoms with E-state index in [0.29, 0.717) is 6.54 Å². The summed E-state index contributed by atoms with van der Waals surface area (Å²) >= 11 is 0. The van der Waals surface area contributed by atoms with Gasteiger partial charge >= 0.3 is 0 Å². The maximum Gasteiger partial charge on any atom is 0.125 e. The minimum atomic E-state index is -0.384. The van der Waals surface area contributed by atoms with Gasteiger partial charge in [-0.3, -0.25) is 5.32 Å². The van der Waals surface area contributed by atoms with Gasteiger partial charge in [-0.2, -0.15) is 5.26 Å². The van der Waals surface area contributed by atoms with Gasteiger partial charge in [0.25, 0.3) is 0 Å². The van der Waals surface area contributed by atoms with Crippen molar-refractivity contribution in [1.82, 2.24) is 5.32 Å². The average molecular weight is 266 g/mol. The Hall–Kier alpha value is -2.31. The van der Waals surface area contributed by atoms with Gasteiger partial charge in [-0.25, -0.2) is 0 Å². The van der Waals surface area contributed by atoms with E-state index in [1.165, 1.54) is 11.1 Å².